The number of amides is 1. The van der Waals surface area contributed by atoms with E-state index in [0.717, 1.165) is 27.7 Å². The third-order valence-corrected chi connectivity index (χ3v) is 4.39. The molecular weight excluding hydrogens is 368 g/mol. The van der Waals surface area contributed by atoms with E-state index < -0.39 is 0 Å². The molecule has 1 aromatic heterocycles. The van der Waals surface area contributed by atoms with Crippen molar-refractivity contribution < 1.29 is 4.79 Å². The second kappa shape index (κ2) is 8.63. The number of para-hydroxylation sites is 1. The van der Waals surface area contributed by atoms with Gasteiger partial charge in [0.25, 0.3) is 5.91 Å². The van der Waals surface area contributed by atoms with Gasteiger partial charge in [-0.1, -0.05) is 60.2 Å². The van der Waals surface area contributed by atoms with E-state index in [1.54, 1.807) is 6.07 Å². The van der Waals surface area contributed by atoms with E-state index in [-0.39, 0.29) is 5.91 Å². The van der Waals surface area contributed by atoms with E-state index in [0.29, 0.717) is 17.2 Å². The maximum Gasteiger partial charge on any atom is 0.270 e. The Morgan fingerprint density at radius 1 is 1.11 bits per heavy atom. The SMILES string of the molecule is C=C(C)CNC(=S)NNC(=O)c1cc(-c2ccc(C)cc2)nc2ccccc12. The van der Waals surface area contributed by atoms with Crippen molar-refractivity contribution in [2.24, 2.45) is 0 Å². The maximum absolute atomic E-state index is 12.8. The van der Waals surface area contributed by atoms with Crippen molar-refractivity contribution in [3.05, 3.63) is 77.9 Å². The number of fused-ring (bicyclic) bond motifs is 1. The lowest BCUT2D eigenvalue weighted by Gasteiger charge is -2.13. The number of aryl methyl sites for hydroxylation is 1. The van der Waals surface area contributed by atoms with Gasteiger partial charge in [-0.2, -0.15) is 0 Å². The molecule has 3 N–H and O–H groups in total. The van der Waals surface area contributed by atoms with Crippen LogP contribution in [0.4, 0.5) is 0 Å². The molecule has 0 aliphatic rings. The average Bonchev–Trinajstić information content (AvgIpc) is 2.70. The molecule has 0 spiro atoms. The van der Waals surface area contributed by atoms with E-state index in [9.17, 15) is 4.79 Å². The van der Waals surface area contributed by atoms with E-state index in [4.69, 9.17) is 17.2 Å². The van der Waals surface area contributed by atoms with Crippen LogP contribution in [0.5, 0.6) is 0 Å². The molecule has 3 rings (SSSR count). The summed E-state index contributed by atoms with van der Waals surface area (Å²) in [5, 5.41) is 4.07. The van der Waals surface area contributed by atoms with Gasteiger partial charge in [0.15, 0.2) is 5.11 Å². The summed E-state index contributed by atoms with van der Waals surface area (Å²) in [6.07, 6.45) is 0. The monoisotopic (exact) mass is 390 g/mol. The normalized spacial score (nSPS) is 10.4. The Kier molecular flexibility index (Phi) is 6.01. The highest BCUT2D eigenvalue weighted by Crippen LogP contribution is 2.25. The molecule has 5 nitrogen and oxygen atoms in total. The van der Waals surface area contributed by atoms with Crippen molar-refractivity contribution in [1.29, 1.82) is 0 Å². The third kappa shape index (κ3) is 4.72. The molecule has 1 heterocycles. The van der Waals surface area contributed by atoms with Gasteiger partial charge >= 0.3 is 0 Å². The number of rotatable bonds is 4. The van der Waals surface area contributed by atoms with Crippen LogP contribution in [-0.4, -0.2) is 22.5 Å². The van der Waals surface area contributed by atoms with Gasteiger partial charge in [0.1, 0.15) is 0 Å². The molecule has 0 radical (unpaired) electrons. The Bertz CT molecular complexity index is 1040. The molecular formula is C22H22N4OS. The van der Waals surface area contributed by atoms with Gasteiger partial charge < -0.3 is 5.32 Å². The molecule has 0 fully saturated rings. The first-order valence-electron chi connectivity index (χ1n) is 8.89. The zero-order valence-corrected chi connectivity index (χ0v) is 16.7. The molecule has 6 heteroatoms. The Morgan fingerprint density at radius 2 is 1.82 bits per heavy atom. The number of nitrogens with zero attached hydrogens (tertiary/aromatic N) is 1. The van der Waals surface area contributed by atoms with Gasteiger partial charge in [-0.15, -0.1) is 0 Å². The summed E-state index contributed by atoms with van der Waals surface area (Å²) >= 11 is 5.16. The van der Waals surface area contributed by atoms with Crippen LogP contribution >= 0.6 is 12.2 Å². The number of carbonyl (C=O) groups excluding carboxylic acids is 1. The first-order valence-corrected chi connectivity index (χ1v) is 9.30. The summed E-state index contributed by atoms with van der Waals surface area (Å²) < 4.78 is 0. The topological polar surface area (TPSA) is 66.0 Å². The highest BCUT2D eigenvalue weighted by Gasteiger charge is 2.14. The van der Waals surface area contributed by atoms with Gasteiger partial charge in [-0.3, -0.25) is 15.6 Å². The largest absolute Gasteiger partial charge is 0.358 e. The molecule has 0 saturated carbocycles. The van der Waals surface area contributed by atoms with Crippen LogP contribution in [0.3, 0.4) is 0 Å². The van der Waals surface area contributed by atoms with Crippen LogP contribution in [-0.2, 0) is 0 Å². The number of nitrogens with one attached hydrogen (secondary N) is 3. The summed E-state index contributed by atoms with van der Waals surface area (Å²) in [7, 11) is 0. The van der Waals surface area contributed by atoms with Crippen molar-refractivity contribution in [2.45, 2.75) is 13.8 Å². The van der Waals surface area contributed by atoms with E-state index in [2.05, 4.69) is 22.7 Å². The van der Waals surface area contributed by atoms with Crippen molar-refractivity contribution in [3.63, 3.8) is 0 Å². The summed E-state index contributed by atoms with van der Waals surface area (Å²) in [6, 6.07) is 17.4. The van der Waals surface area contributed by atoms with Crippen LogP contribution in [0.1, 0.15) is 22.8 Å². The fourth-order valence-corrected chi connectivity index (χ4v) is 2.81. The summed E-state index contributed by atoms with van der Waals surface area (Å²) in [6.45, 7) is 8.27. The Labute approximate surface area is 169 Å². The van der Waals surface area contributed by atoms with Crippen LogP contribution in [0.2, 0.25) is 0 Å². The predicted octanol–water partition coefficient (Wildman–Crippen LogP) is 3.90. The van der Waals surface area contributed by atoms with Crippen LogP contribution in [0.15, 0.2) is 66.7 Å². The van der Waals surface area contributed by atoms with Gasteiger partial charge in [0, 0.05) is 17.5 Å². The number of thiocarbonyl (C=S) groups is 1. The van der Waals surface area contributed by atoms with Crippen LogP contribution < -0.4 is 16.2 Å². The number of benzene rings is 2. The van der Waals surface area contributed by atoms with E-state index in [1.165, 1.54) is 5.56 Å². The number of hydrazine groups is 1. The fourth-order valence-electron chi connectivity index (χ4n) is 2.69. The molecule has 0 aliphatic heterocycles. The van der Waals surface area contributed by atoms with Crippen LogP contribution in [0, 0.1) is 6.92 Å². The van der Waals surface area contributed by atoms with Gasteiger partial charge in [0.05, 0.1) is 16.8 Å². The van der Waals surface area contributed by atoms with Crippen molar-refractivity contribution in [2.75, 3.05) is 6.54 Å². The zero-order chi connectivity index (χ0) is 20.1. The smallest absolute Gasteiger partial charge is 0.270 e. The molecule has 2 aromatic carbocycles. The quantitative estimate of drug-likeness (QED) is 0.358. The molecule has 0 unspecified atom stereocenters. The van der Waals surface area contributed by atoms with Gasteiger partial charge in [0.2, 0.25) is 0 Å². The molecule has 142 valence electrons. The van der Waals surface area contributed by atoms with E-state index in [1.807, 2.05) is 62.4 Å². The molecule has 28 heavy (non-hydrogen) atoms. The lowest BCUT2D eigenvalue weighted by Crippen LogP contribution is -2.47. The molecule has 1 amide bonds. The molecule has 0 saturated heterocycles. The van der Waals surface area contributed by atoms with Gasteiger partial charge in [-0.25, -0.2) is 4.98 Å². The van der Waals surface area contributed by atoms with Gasteiger partial charge in [-0.05, 0) is 38.2 Å². The minimum Gasteiger partial charge on any atom is -0.358 e. The van der Waals surface area contributed by atoms with Crippen LogP contribution in [0.25, 0.3) is 22.2 Å². The summed E-state index contributed by atoms with van der Waals surface area (Å²) in [4.78, 5) is 17.5. The second-order valence-electron chi connectivity index (χ2n) is 6.66. The number of hydrogen-bond acceptors (Lipinski definition) is 3. The maximum atomic E-state index is 12.8. The minimum absolute atomic E-state index is 0.286. The zero-order valence-electron chi connectivity index (χ0n) is 15.9. The molecule has 3 aromatic rings. The lowest BCUT2D eigenvalue weighted by molar-refractivity contribution is 0.0945. The minimum atomic E-state index is -0.286. The van der Waals surface area contributed by atoms with Crippen molar-refractivity contribution in [1.82, 2.24) is 21.2 Å². The highest BCUT2D eigenvalue weighted by molar-refractivity contribution is 7.80. The average molecular weight is 391 g/mol. The number of hydrogen-bond donors (Lipinski definition) is 3. The van der Waals surface area contributed by atoms with E-state index >= 15 is 0 Å². The molecule has 0 aliphatic carbocycles. The second-order valence-corrected chi connectivity index (χ2v) is 7.07. The van der Waals surface area contributed by atoms with Crippen molar-refractivity contribution >= 4 is 34.1 Å². The first kappa shape index (κ1) is 19.5. The summed E-state index contributed by atoms with van der Waals surface area (Å²) in [5.41, 5.74) is 10.5. The third-order valence-electron chi connectivity index (χ3n) is 4.15. The first-order chi connectivity index (χ1) is 13.4. The Balaban J connectivity index is 1.88. The molecule has 0 bridgehead atoms. The molecule has 0 atom stereocenters. The lowest BCUT2D eigenvalue weighted by atomic mass is 10.0. The number of carbonyl (C=O) groups is 1. The number of aromatic nitrogens is 1. The highest BCUT2D eigenvalue weighted by atomic mass is 32.1. The standard InChI is InChI=1S/C22H22N4OS/c1-14(2)13-23-22(28)26-25-21(27)18-12-20(16-10-8-15(3)9-11-16)24-19-7-5-4-6-17(18)19/h4-12H,1,13H2,2-3H3,(H,25,27)(H2,23,26,28). The predicted molar refractivity (Wildman–Crippen MR) is 118 cm³/mol. The Morgan fingerprint density at radius 3 is 2.54 bits per heavy atom. The Hall–Kier alpha value is -3.25. The summed E-state index contributed by atoms with van der Waals surface area (Å²) in [5.74, 6) is -0.286. The van der Waals surface area contributed by atoms with Crippen molar-refractivity contribution in [3.8, 4) is 11.3 Å². The number of pyridine rings is 1. The fraction of sp³-hybridized carbons (Fsp3) is 0.136.